The number of phenolic OH excluding ortho intramolecular Hbond substituents is 1. The molecule has 0 aliphatic rings. The highest BCUT2D eigenvalue weighted by Crippen LogP contribution is 2.37. The Balaban J connectivity index is 2.33. The first-order valence-electron chi connectivity index (χ1n) is 5.99. The van der Waals surface area contributed by atoms with Crippen molar-refractivity contribution in [2.45, 2.75) is 6.92 Å². The van der Waals surface area contributed by atoms with Crippen LogP contribution in [0.2, 0.25) is 5.22 Å². The Labute approximate surface area is 120 Å². The topological polar surface area (TPSA) is 37.7 Å². The molecule has 0 atom stereocenters. The van der Waals surface area contributed by atoms with Crippen LogP contribution in [0, 0.1) is 13.5 Å². The Morgan fingerprint density at radius 1 is 1.20 bits per heavy atom. The predicted octanol–water partition coefficient (Wildman–Crippen LogP) is 5.32. The molecule has 2 aromatic carbocycles. The van der Waals surface area contributed by atoms with E-state index in [9.17, 15) is 5.11 Å². The Morgan fingerprint density at radius 2 is 2.00 bits per heavy atom. The zero-order chi connectivity index (χ0) is 14.3. The van der Waals surface area contributed by atoms with E-state index in [-0.39, 0.29) is 11.0 Å². The summed E-state index contributed by atoms with van der Waals surface area (Å²) in [7, 11) is 0. The van der Waals surface area contributed by atoms with Crippen molar-refractivity contribution in [3.63, 3.8) is 0 Å². The Bertz CT molecular complexity index is 859. The van der Waals surface area contributed by atoms with Crippen LogP contribution in [0.3, 0.4) is 0 Å². The summed E-state index contributed by atoms with van der Waals surface area (Å²) in [5.41, 5.74) is 3.45. The maximum Gasteiger partial charge on any atom is 0.194 e. The van der Waals surface area contributed by atoms with Crippen molar-refractivity contribution in [3.05, 3.63) is 58.6 Å². The van der Waals surface area contributed by atoms with Crippen LogP contribution in [-0.2, 0) is 0 Å². The Hall–Kier alpha value is -2.44. The normalized spacial score (nSPS) is 10.7. The second kappa shape index (κ2) is 4.59. The van der Waals surface area contributed by atoms with Gasteiger partial charge in [-0.2, -0.15) is 0 Å². The lowest BCUT2D eigenvalue weighted by molar-refractivity contribution is 0.471. The molecule has 3 rings (SSSR count). The number of nitrogens with zero attached hydrogens (tertiary/aromatic N) is 1. The fourth-order valence-electron chi connectivity index (χ4n) is 2.16. The van der Waals surface area contributed by atoms with E-state index in [1.807, 2.05) is 19.1 Å². The van der Waals surface area contributed by atoms with Crippen LogP contribution in [0.1, 0.15) is 5.56 Å². The molecule has 0 spiro atoms. The highest BCUT2D eigenvalue weighted by atomic mass is 35.5. The molecule has 0 fully saturated rings. The van der Waals surface area contributed by atoms with E-state index in [0.29, 0.717) is 11.3 Å². The molecule has 3 aromatic rings. The summed E-state index contributed by atoms with van der Waals surface area (Å²) in [6, 6.07) is 10.5. The van der Waals surface area contributed by atoms with Gasteiger partial charge in [0.1, 0.15) is 11.3 Å². The van der Waals surface area contributed by atoms with Crippen molar-refractivity contribution in [2.75, 3.05) is 0 Å². The van der Waals surface area contributed by atoms with Crippen LogP contribution in [-0.4, -0.2) is 5.11 Å². The first-order valence-corrected chi connectivity index (χ1v) is 6.37. The van der Waals surface area contributed by atoms with Gasteiger partial charge >= 0.3 is 0 Å². The molecule has 0 bridgehead atoms. The van der Waals surface area contributed by atoms with Gasteiger partial charge in [0.2, 0.25) is 0 Å². The number of aromatic hydroxyl groups is 1. The van der Waals surface area contributed by atoms with E-state index in [1.165, 1.54) is 0 Å². The molecule has 0 aliphatic heterocycles. The molecule has 20 heavy (non-hydrogen) atoms. The first-order chi connectivity index (χ1) is 9.58. The van der Waals surface area contributed by atoms with Crippen molar-refractivity contribution >= 4 is 28.3 Å². The van der Waals surface area contributed by atoms with Gasteiger partial charge in [-0.05, 0) is 47.9 Å². The smallest absolute Gasteiger partial charge is 0.194 e. The average molecular weight is 284 g/mol. The number of hydrogen-bond donors (Lipinski definition) is 1. The van der Waals surface area contributed by atoms with E-state index < -0.39 is 0 Å². The predicted molar refractivity (Wildman–Crippen MR) is 79.3 cm³/mol. The first kappa shape index (κ1) is 12.6. The monoisotopic (exact) mass is 283 g/mol. The minimum Gasteiger partial charge on any atom is -0.508 e. The number of hydrogen-bond acceptors (Lipinski definition) is 2. The van der Waals surface area contributed by atoms with Crippen LogP contribution >= 0.6 is 11.6 Å². The highest BCUT2D eigenvalue weighted by Gasteiger charge is 2.12. The van der Waals surface area contributed by atoms with E-state index in [2.05, 4.69) is 4.85 Å². The zero-order valence-corrected chi connectivity index (χ0v) is 11.4. The lowest BCUT2D eigenvalue weighted by Crippen LogP contribution is -1.81. The lowest BCUT2D eigenvalue weighted by Gasteiger charge is -2.06. The number of fused-ring (bicyclic) bond motifs is 1. The summed E-state index contributed by atoms with van der Waals surface area (Å²) in [6.45, 7) is 9.00. The zero-order valence-electron chi connectivity index (χ0n) is 10.6. The van der Waals surface area contributed by atoms with Gasteiger partial charge in [0.25, 0.3) is 0 Å². The molecule has 3 nitrogen and oxygen atoms in total. The standard InChI is InChI=1S/C16H10ClNO2/c1-9-3-4-10(6-14(9)19)13-8-12(18-2)5-11-7-15(17)20-16(11)13/h3-8,19H,1H3. The molecule has 1 N–H and O–H groups in total. The van der Waals surface area contributed by atoms with Crippen molar-refractivity contribution in [1.29, 1.82) is 0 Å². The van der Waals surface area contributed by atoms with E-state index in [4.69, 9.17) is 22.6 Å². The number of rotatable bonds is 1. The van der Waals surface area contributed by atoms with Crippen LogP contribution in [0.5, 0.6) is 5.75 Å². The van der Waals surface area contributed by atoms with Gasteiger partial charge in [-0.3, -0.25) is 0 Å². The van der Waals surface area contributed by atoms with E-state index in [1.54, 1.807) is 24.3 Å². The summed E-state index contributed by atoms with van der Waals surface area (Å²) >= 11 is 5.90. The molecule has 0 aliphatic carbocycles. The van der Waals surface area contributed by atoms with Gasteiger partial charge in [-0.15, -0.1) is 0 Å². The molecule has 0 amide bonds. The highest BCUT2D eigenvalue weighted by molar-refractivity contribution is 6.30. The fourth-order valence-corrected chi connectivity index (χ4v) is 2.36. The minimum atomic E-state index is 0.210. The third-order valence-corrected chi connectivity index (χ3v) is 3.41. The summed E-state index contributed by atoms with van der Waals surface area (Å²) in [6.07, 6.45) is 0. The van der Waals surface area contributed by atoms with Gasteiger partial charge in [-0.1, -0.05) is 12.1 Å². The molecular weight excluding hydrogens is 274 g/mol. The molecule has 0 saturated heterocycles. The van der Waals surface area contributed by atoms with E-state index >= 15 is 0 Å². The van der Waals surface area contributed by atoms with Crippen molar-refractivity contribution in [2.24, 2.45) is 0 Å². The number of halogens is 1. The summed E-state index contributed by atoms with van der Waals surface area (Å²) < 4.78 is 5.50. The molecular formula is C16H10ClNO2. The molecule has 0 radical (unpaired) electrons. The fraction of sp³-hybridized carbons (Fsp3) is 0.0625. The van der Waals surface area contributed by atoms with Gasteiger partial charge in [0.15, 0.2) is 10.9 Å². The number of furan rings is 1. The van der Waals surface area contributed by atoms with Crippen molar-refractivity contribution < 1.29 is 9.52 Å². The largest absolute Gasteiger partial charge is 0.508 e. The maximum absolute atomic E-state index is 9.85. The van der Waals surface area contributed by atoms with Crippen molar-refractivity contribution in [3.8, 4) is 16.9 Å². The molecule has 1 aromatic heterocycles. The number of benzene rings is 2. The second-order valence-electron chi connectivity index (χ2n) is 4.58. The molecule has 0 saturated carbocycles. The molecule has 0 unspecified atom stereocenters. The summed E-state index contributed by atoms with van der Waals surface area (Å²) in [5.74, 6) is 0.210. The summed E-state index contributed by atoms with van der Waals surface area (Å²) in [4.78, 5) is 3.46. The third-order valence-electron chi connectivity index (χ3n) is 3.22. The SMILES string of the molecule is [C-]#[N+]c1cc(-c2ccc(C)c(O)c2)c2oc(Cl)cc2c1. The molecule has 4 heteroatoms. The summed E-state index contributed by atoms with van der Waals surface area (Å²) in [5, 5.41) is 10.9. The van der Waals surface area contributed by atoms with Crippen LogP contribution in [0.4, 0.5) is 5.69 Å². The lowest BCUT2D eigenvalue weighted by atomic mass is 10.0. The number of phenols is 1. The average Bonchev–Trinajstić information content (AvgIpc) is 2.80. The third kappa shape index (κ3) is 2.01. The Kier molecular flexibility index (Phi) is 2.89. The quantitative estimate of drug-likeness (QED) is 0.614. The van der Waals surface area contributed by atoms with Gasteiger partial charge in [-0.25, -0.2) is 4.85 Å². The second-order valence-corrected chi connectivity index (χ2v) is 4.95. The van der Waals surface area contributed by atoms with Crippen LogP contribution in [0.25, 0.3) is 26.9 Å². The van der Waals surface area contributed by atoms with Crippen molar-refractivity contribution in [1.82, 2.24) is 0 Å². The maximum atomic E-state index is 9.85. The van der Waals surface area contributed by atoms with Crippen LogP contribution < -0.4 is 0 Å². The van der Waals surface area contributed by atoms with Gasteiger partial charge in [0, 0.05) is 17.0 Å². The van der Waals surface area contributed by atoms with E-state index in [0.717, 1.165) is 22.1 Å². The molecule has 98 valence electrons. The minimum absolute atomic E-state index is 0.210. The van der Waals surface area contributed by atoms with Gasteiger partial charge < -0.3 is 9.52 Å². The Morgan fingerprint density at radius 3 is 2.70 bits per heavy atom. The van der Waals surface area contributed by atoms with Gasteiger partial charge in [0.05, 0.1) is 6.57 Å². The van der Waals surface area contributed by atoms with Crippen LogP contribution in [0.15, 0.2) is 40.8 Å². The number of aryl methyl sites for hydroxylation is 1. The molecule has 1 heterocycles.